The van der Waals surface area contributed by atoms with E-state index in [1.54, 1.807) is 30.3 Å². The van der Waals surface area contributed by atoms with Crippen molar-refractivity contribution in [2.75, 3.05) is 0 Å². The highest BCUT2D eigenvalue weighted by molar-refractivity contribution is 14.1. The fourth-order valence-electron chi connectivity index (χ4n) is 4.09. The maximum Gasteiger partial charge on any atom is 0.569 e. The van der Waals surface area contributed by atoms with Gasteiger partial charge in [0.15, 0.2) is 5.82 Å². The molecule has 0 aliphatic heterocycles. The lowest BCUT2D eigenvalue weighted by molar-refractivity contribution is 0.454. The van der Waals surface area contributed by atoms with Gasteiger partial charge in [-0.1, -0.05) is 138 Å². The highest BCUT2D eigenvalue weighted by atomic mass is 127. The van der Waals surface area contributed by atoms with Crippen LogP contribution in [-0.4, -0.2) is 12.7 Å². The number of rotatable bonds is 5. The van der Waals surface area contributed by atoms with Crippen molar-refractivity contribution in [2.24, 2.45) is 0 Å². The summed E-state index contributed by atoms with van der Waals surface area (Å²) >= 11 is 13.1. The first-order chi connectivity index (χ1) is 21.4. The minimum absolute atomic E-state index is 0.148. The van der Waals surface area contributed by atoms with Crippen LogP contribution in [0.3, 0.4) is 0 Å². The van der Waals surface area contributed by atoms with Gasteiger partial charge in [-0.25, -0.2) is 8.78 Å². The summed E-state index contributed by atoms with van der Waals surface area (Å²) in [7, 11) is 0.678. The third-order valence-electron chi connectivity index (χ3n) is 6.31. The fraction of sp³-hybridized carbons (Fsp3) is 0. The molecular weight excluding hydrogens is 711 g/mol. The van der Waals surface area contributed by atoms with Gasteiger partial charge in [0, 0.05) is 5.56 Å². The third kappa shape index (κ3) is 9.41. The van der Waals surface area contributed by atoms with Crippen LogP contribution in [0.5, 0.6) is 5.75 Å². The van der Waals surface area contributed by atoms with Gasteiger partial charge in [0.05, 0.1) is 13.6 Å². The first-order valence-corrected chi connectivity index (χ1v) is 15.2. The minimum atomic E-state index is -0.373. The average Bonchev–Trinajstić information content (AvgIpc) is 3.07. The average molecular weight is 736 g/mol. The SMILES string of the molecule is Fc1c(Cl)cccc1-c1ccc(-c2ccccc2)cc1.Fc1c(Cl)cccc1I.O[B]Oc1ccc(-c2ccccc2)cc1. The monoisotopic (exact) mass is 735 g/mol. The van der Waals surface area contributed by atoms with Crippen LogP contribution < -0.4 is 4.65 Å². The highest BCUT2D eigenvalue weighted by Gasteiger charge is 2.08. The molecule has 0 spiro atoms. The summed E-state index contributed by atoms with van der Waals surface area (Å²) in [4.78, 5) is 0. The Morgan fingerprint density at radius 2 is 0.932 bits per heavy atom. The van der Waals surface area contributed by atoms with Gasteiger partial charge in [0.2, 0.25) is 0 Å². The molecule has 0 fully saturated rings. The normalized spacial score (nSPS) is 10.0. The van der Waals surface area contributed by atoms with Crippen molar-refractivity contribution < 1.29 is 18.5 Å². The molecule has 44 heavy (non-hydrogen) atoms. The maximum atomic E-state index is 14.0. The molecule has 0 atom stereocenters. The molecule has 6 rings (SSSR count). The van der Waals surface area contributed by atoms with Crippen LogP contribution in [0, 0.1) is 15.2 Å². The summed E-state index contributed by atoms with van der Waals surface area (Å²) < 4.78 is 32.0. The van der Waals surface area contributed by atoms with Gasteiger partial charge in [0.25, 0.3) is 0 Å². The van der Waals surface area contributed by atoms with E-state index in [1.807, 2.05) is 120 Å². The Morgan fingerprint density at radius 3 is 1.41 bits per heavy atom. The molecule has 8 heteroatoms. The molecule has 0 bridgehead atoms. The topological polar surface area (TPSA) is 29.5 Å². The van der Waals surface area contributed by atoms with Crippen molar-refractivity contribution in [1.82, 2.24) is 0 Å². The van der Waals surface area contributed by atoms with Crippen LogP contribution >= 0.6 is 45.8 Å². The number of halogens is 5. The van der Waals surface area contributed by atoms with Gasteiger partial charge < -0.3 is 9.68 Å². The van der Waals surface area contributed by atoms with Crippen LogP contribution in [0.25, 0.3) is 33.4 Å². The Bertz CT molecular complexity index is 1740. The molecular formula is C36H25BCl2F2IO2. The second-order valence-electron chi connectivity index (χ2n) is 9.19. The number of hydrogen-bond donors (Lipinski definition) is 1. The fourth-order valence-corrected chi connectivity index (χ4v) is 5.10. The van der Waals surface area contributed by atoms with Crippen molar-refractivity contribution >= 4 is 53.5 Å². The molecule has 0 aliphatic rings. The van der Waals surface area contributed by atoms with Gasteiger partial charge in [-0.15, -0.1) is 0 Å². The van der Waals surface area contributed by atoms with Gasteiger partial charge in [-0.05, 0) is 80.7 Å². The smallest absolute Gasteiger partial charge is 0.537 e. The van der Waals surface area contributed by atoms with E-state index in [0.717, 1.165) is 27.8 Å². The van der Waals surface area contributed by atoms with Gasteiger partial charge in [-0.2, -0.15) is 0 Å². The lowest BCUT2D eigenvalue weighted by Gasteiger charge is -2.07. The zero-order valence-corrected chi connectivity index (χ0v) is 26.8. The molecule has 1 N–H and O–H groups in total. The van der Waals surface area contributed by atoms with Crippen LogP contribution in [0.2, 0.25) is 10.0 Å². The Kier molecular flexibility index (Phi) is 12.8. The zero-order valence-electron chi connectivity index (χ0n) is 23.2. The molecule has 0 amide bonds. The molecule has 2 nitrogen and oxygen atoms in total. The van der Waals surface area contributed by atoms with E-state index < -0.39 is 0 Å². The van der Waals surface area contributed by atoms with Crippen LogP contribution in [-0.2, 0) is 0 Å². The Balaban J connectivity index is 0.000000162. The summed E-state index contributed by atoms with van der Waals surface area (Å²) in [5, 5.41) is 8.79. The standard InChI is InChI=1S/C18H12ClF.C12H10BO2.C6H3ClFI/c19-17-8-4-7-16(18(17)20)15-11-9-14(10-12-15)13-5-2-1-3-6-13;14-13-15-12-8-6-11(7-9-12)10-4-2-1-3-5-10;7-4-2-1-3-5(9)6(4)8/h1-12H;1-9,14H;1-3H. The number of hydrogen-bond acceptors (Lipinski definition) is 2. The van der Waals surface area contributed by atoms with Gasteiger partial charge >= 0.3 is 7.69 Å². The third-order valence-corrected chi connectivity index (χ3v) is 7.73. The van der Waals surface area contributed by atoms with E-state index in [0.29, 0.717) is 22.6 Å². The highest BCUT2D eigenvalue weighted by Crippen LogP contribution is 2.29. The quantitative estimate of drug-likeness (QED) is 0.109. The summed E-state index contributed by atoms with van der Waals surface area (Å²) in [6.07, 6.45) is 0. The molecule has 6 aromatic rings. The summed E-state index contributed by atoms with van der Waals surface area (Å²) in [6.45, 7) is 0. The Hall–Kier alpha value is -3.69. The molecule has 0 heterocycles. The van der Waals surface area contributed by atoms with Crippen LogP contribution in [0.4, 0.5) is 8.78 Å². The zero-order chi connectivity index (χ0) is 31.3. The van der Waals surface area contributed by atoms with Crippen molar-refractivity contribution in [3.8, 4) is 39.1 Å². The van der Waals surface area contributed by atoms with Crippen LogP contribution in [0.15, 0.2) is 146 Å². The van der Waals surface area contributed by atoms with E-state index in [1.165, 1.54) is 6.07 Å². The molecule has 0 saturated carbocycles. The molecule has 0 aromatic heterocycles. The largest absolute Gasteiger partial charge is 0.569 e. The van der Waals surface area contributed by atoms with Crippen molar-refractivity contribution in [2.45, 2.75) is 0 Å². The maximum absolute atomic E-state index is 14.0. The second kappa shape index (κ2) is 17.0. The van der Waals surface area contributed by atoms with E-state index in [-0.39, 0.29) is 21.7 Å². The van der Waals surface area contributed by atoms with Crippen molar-refractivity contribution in [1.29, 1.82) is 0 Å². The van der Waals surface area contributed by atoms with Gasteiger partial charge in [0.1, 0.15) is 11.6 Å². The van der Waals surface area contributed by atoms with E-state index in [2.05, 4.69) is 12.1 Å². The van der Waals surface area contributed by atoms with E-state index in [4.69, 9.17) is 32.9 Å². The molecule has 0 unspecified atom stereocenters. The number of benzene rings is 6. The van der Waals surface area contributed by atoms with E-state index >= 15 is 0 Å². The lowest BCUT2D eigenvalue weighted by Crippen LogP contribution is -1.99. The first kappa shape index (κ1) is 33.2. The van der Waals surface area contributed by atoms with Crippen molar-refractivity contribution in [3.05, 3.63) is 171 Å². The van der Waals surface area contributed by atoms with Crippen LogP contribution in [0.1, 0.15) is 0 Å². The predicted octanol–water partition coefficient (Wildman–Crippen LogP) is 11.2. The second-order valence-corrected chi connectivity index (χ2v) is 11.2. The lowest BCUT2D eigenvalue weighted by atomic mass is 10.00. The Morgan fingerprint density at radius 1 is 0.500 bits per heavy atom. The predicted molar refractivity (Wildman–Crippen MR) is 187 cm³/mol. The molecule has 1 radical (unpaired) electrons. The van der Waals surface area contributed by atoms with Crippen molar-refractivity contribution in [3.63, 3.8) is 0 Å². The molecule has 219 valence electrons. The Labute approximate surface area is 280 Å². The summed E-state index contributed by atoms with van der Waals surface area (Å²) in [5.74, 6) is -0.0847. The summed E-state index contributed by atoms with van der Waals surface area (Å²) in [6, 6.07) is 45.5. The summed E-state index contributed by atoms with van der Waals surface area (Å²) in [5.41, 5.74) is 5.89. The molecule has 0 saturated heterocycles. The molecule has 0 aliphatic carbocycles. The first-order valence-electron chi connectivity index (χ1n) is 13.3. The van der Waals surface area contributed by atoms with E-state index in [9.17, 15) is 8.78 Å². The minimum Gasteiger partial charge on any atom is -0.537 e. The molecule has 6 aromatic carbocycles. The van der Waals surface area contributed by atoms with Gasteiger partial charge in [-0.3, -0.25) is 0 Å².